The maximum absolute atomic E-state index is 12.2. The number of carbonyl (C=O) groups is 1. The van der Waals surface area contributed by atoms with E-state index in [4.69, 9.17) is 20.9 Å². The lowest BCUT2D eigenvalue weighted by Crippen LogP contribution is -2.23. The molecule has 3 aromatic rings. The number of hydrogen-bond donors (Lipinski definition) is 1. The lowest BCUT2D eigenvalue weighted by Gasteiger charge is -2.05. The number of nitrogens with zero attached hydrogens (tertiary/aromatic N) is 3. The Kier molecular flexibility index (Phi) is 5.32. The molecule has 27 heavy (non-hydrogen) atoms. The van der Waals surface area contributed by atoms with E-state index in [-0.39, 0.29) is 29.4 Å². The van der Waals surface area contributed by atoms with Gasteiger partial charge in [0.25, 0.3) is 5.91 Å². The normalized spacial score (nSPS) is 10.4. The Balaban J connectivity index is 1.68. The first-order valence-corrected chi connectivity index (χ1v) is 8.05. The van der Waals surface area contributed by atoms with Gasteiger partial charge in [0.05, 0.1) is 18.6 Å². The topological polar surface area (TPSA) is 120 Å². The molecule has 0 aliphatic carbocycles. The van der Waals surface area contributed by atoms with Crippen LogP contribution in [0.15, 0.2) is 47.0 Å². The molecule has 0 saturated carbocycles. The first-order chi connectivity index (χ1) is 13.0. The molecule has 1 aromatic heterocycles. The van der Waals surface area contributed by atoms with E-state index in [1.165, 1.54) is 19.2 Å². The van der Waals surface area contributed by atoms with Gasteiger partial charge in [0, 0.05) is 22.2 Å². The fourth-order valence-electron chi connectivity index (χ4n) is 2.27. The molecule has 0 fully saturated rings. The molecular weight excluding hydrogens is 376 g/mol. The molecule has 1 amide bonds. The van der Waals surface area contributed by atoms with Gasteiger partial charge in [0.15, 0.2) is 5.75 Å². The number of methoxy groups -OCH3 is 1. The average molecular weight is 389 g/mol. The quantitative estimate of drug-likeness (QED) is 0.508. The summed E-state index contributed by atoms with van der Waals surface area (Å²) in [5, 5.41) is 18.0. The molecule has 9 nitrogen and oxygen atoms in total. The molecule has 0 saturated heterocycles. The van der Waals surface area contributed by atoms with E-state index in [2.05, 4.69) is 15.5 Å². The molecule has 0 aliphatic rings. The van der Waals surface area contributed by atoms with Crippen LogP contribution in [0.1, 0.15) is 16.2 Å². The summed E-state index contributed by atoms with van der Waals surface area (Å²) in [6.45, 7) is -0.0285. The summed E-state index contributed by atoms with van der Waals surface area (Å²) in [6.07, 6.45) is 0. The van der Waals surface area contributed by atoms with Gasteiger partial charge in [0.1, 0.15) is 0 Å². The molecule has 10 heteroatoms. The second kappa shape index (κ2) is 7.83. The molecule has 1 heterocycles. The van der Waals surface area contributed by atoms with Gasteiger partial charge in [0.2, 0.25) is 11.7 Å². The van der Waals surface area contributed by atoms with Crippen LogP contribution >= 0.6 is 11.6 Å². The minimum absolute atomic E-state index is 0.0285. The number of benzene rings is 2. The second-order valence-electron chi connectivity index (χ2n) is 5.35. The van der Waals surface area contributed by atoms with Gasteiger partial charge in [-0.3, -0.25) is 14.9 Å². The summed E-state index contributed by atoms with van der Waals surface area (Å²) < 4.78 is 10.0. The van der Waals surface area contributed by atoms with Crippen LogP contribution in [0.5, 0.6) is 5.75 Å². The summed E-state index contributed by atoms with van der Waals surface area (Å²) in [5.74, 6) is 0.0976. The second-order valence-corrected chi connectivity index (χ2v) is 5.78. The van der Waals surface area contributed by atoms with Crippen LogP contribution < -0.4 is 10.1 Å². The van der Waals surface area contributed by atoms with Gasteiger partial charge in [-0.25, -0.2) is 0 Å². The number of hydrogen-bond acceptors (Lipinski definition) is 7. The SMILES string of the molecule is COc1ccc(C(=O)NCc2nc(-c3ccc(Cl)cc3)no2)cc1[N+](=O)[O-]. The highest BCUT2D eigenvalue weighted by Gasteiger charge is 2.18. The first kappa shape index (κ1) is 18.3. The monoisotopic (exact) mass is 388 g/mol. The number of nitro benzene ring substituents is 1. The summed E-state index contributed by atoms with van der Waals surface area (Å²) in [5.41, 5.74) is 0.527. The molecule has 1 N–H and O–H groups in total. The fourth-order valence-corrected chi connectivity index (χ4v) is 2.40. The molecule has 0 atom stereocenters. The van der Waals surface area contributed by atoms with Gasteiger partial charge >= 0.3 is 5.69 Å². The predicted octanol–water partition coefficient (Wildman–Crippen LogP) is 3.24. The van der Waals surface area contributed by atoms with Crippen molar-refractivity contribution >= 4 is 23.2 Å². The van der Waals surface area contributed by atoms with Crippen molar-refractivity contribution < 1.29 is 19.0 Å². The number of halogens is 1. The number of nitrogens with one attached hydrogen (secondary N) is 1. The van der Waals surface area contributed by atoms with Crippen molar-refractivity contribution in [2.45, 2.75) is 6.54 Å². The Bertz CT molecular complexity index is 987. The third kappa shape index (κ3) is 4.21. The van der Waals surface area contributed by atoms with Crippen LogP contribution in [0.3, 0.4) is 0 Å². The van der Waals surface area contributed by atoms with Crippen molar-refractivity contribution in [3.63, 3.8) is 0 Å². The van der Waals surface area contributed by atoms with Gasteiger partial charge in [-0.15, -0.1) is 0 Å². The summed E-state index contributed by atoms with van der Waals surface area (Å²) in [6, 6.07) is 10.8. The van der Waals surface area contributed by atoms with E-state index < -0.39 is 10.8 Å². The number of amides is 1. The molecule has 2 aromatic carbocycles. The molecule has 138 valence electrons. The van der Waals surface area contributed by atoms with E-state index >= 15 is 0 Å². The molecular formula is C17H13ClN4O5. The van der Waals surface area contributed by atoms with Crippen LogP contribution in [-0.4, -0.2) is 28.1 Å². The lowest BCUT2D eigenvalue weighted by atomic mass is 10.1. The third-order valence-corrected chi connectivity index (χ3v) is 3.86. The van der Waals surface area contributed by atoms with Crippen molar-refractivity contribution in [3.05, 3.63) is 69.1 Å². The van der Waals surface area contributed by atoms with Crippen molar-refractivity contribution in [1.82, 2.24) is 15.5 Å². The van der Waals surface area contributed by atoms with E-state index in [0.29, 0.717) is 16.4 Å². The summed E-state index contributed by atoms with van der Waals surface area (Å²) in [4.78, 5) is 26.8. The first-order valence-electron chi connectivity index (χ1n) is 7.67. The van der Waals surface area contributed by atoms with Gasteiger partial charge in [-0.2, -0.15) is 4.98 Å². The third-order valence-electron chi connectivity index (χ3n) is 3.61. The fraction of sp³-hybridized carbons (Fsp3) is 0.118. The van der Waals surface area contributed by atoms with Crippen molar-refractivity contribution in [3.8, 4) is 17.1 Å². The number of rotatable bonds is 6. The van der Waals surface area contributed by atoms with E-state index in [1.807, 2.05) is 0 Å². The van der Waals surface area contributed by atoms with Gasteiger partial charge < -0.3 is 14.6 Å². The average Bonchev–Trinajstić information content (AvgIpc) is 3.15. The molecule has 0 aliphatic heterocycles. The summed E-state index contributed by atoms with van der Waals surface area (Å²) >= 11 is 5.84. The standard InChI is InChI=1S/C17H13ClN4O5/c1-26-14-7-4-11(8-13(14)22(24)25)17(23)19-9-15-20-16(21-27-15)10-2-5-12(18)6-3-10/h2-8H,9H2,1H3,(H,19,23). The number of aromatic nitrogens is 2. The van der Waals surface area contributed by atoms with Crippen LogP contribution in [0.2, 0.25) is 5.02 Å². The zero-order chi connectivity index (χ0) is 19.4. The predicted molar refractivity (Wildman–Crippen MR) is 95.6 cm³/mol. The Morgan fingerprint density at radius 1 is 1.30 bits per heavy atom. The highest BCUT2D eigenvalue weighted by molar-refractivity contribution is 6.30. The minimum atomic E-state index is -0.619. The number of nitro groups is 1. The Morgan fingerprint density at radius 3 is 2.70 bits per heavy atom. The minimum Gasteiger partial charge on any atom is -0.490 e. The van der Waals surface area contributed by atoms with Gasteiger partial charge in [-0.05, 0) is 36.4 Å². The zero-order valence-electron chi connectivity index (χ0n) is 14.0. The highest BCUT2D eigenvalue weighted by atomic mass is 35.5. The van der Waals surface area contributed by atoms with Crippen molar-refractivity contribution in [1.29, 1.82) is 0 Å². The lowest BCUT2D eigenvalue weighted by molar-refractivity contribution is -0.385. The molecule has 3 rings (SSSR count). The van der Waals surface area contributed by atoms with Crippen molar-refractivity contribution in [2.24, 2.45) is 0 Å². The smallest absolute Gasteiger partial charge is 0.311 e. The Labute approximate surface area is 158 Å². The number of ether oxygens (including phenoxy) is 1. The maximum Gasteiger partial charge on any atom is 0.311 e. The highest BCUT2D eigenvalue weighted by Crippen LogP contribution is 2.27. The largest absolute Gasteiger partial charge is 0.490 e. The number of carbonyl (C=O) groups excluding carboxylic acids is 1. The zero-order valence-corrected chi connectivity index (χ0v) is 14.8. The molecule has 0 unspecified atom stereocenters. The van der Waals surface area contributed by atoms with Crippen LogP contribution in [0.25, 0.3) is 11.4 Å². The molecule has 0 radical (unpaired) electrons. The van der Waals surface area contributed by atoms with E-state index in [1.54, 1.807) is 24.3 Å². The molecule has 0 bridgehead atoms. The summed E-state index contributed by atoms with van der Waals surface area (Å²) in [7, 11) is 1.32. The van der Waals surface area contributed by atoms with Crippen molar-refractivity contribution in [2.75, 3.05) is 7.11 Å². The molecule has 0 spiro atoms. The Morgan fingerprint density at radius 2 is 2.04 bits per heavy atom. The van der Waals surface area contributed by atoms with Crippen LogP contribution in [0, 0.1) is 10.1 Å². The Hall–Kier alpha value is -3.46. The van der Waals surface area contributed by atoms with E-state index in [9.17, 15) is 14.9 Å². The van der Waals surface area contributed by atoms with E-state index in [0.717, 1.165) is 6.07 Å². The maximum atomic E-state index is 12.2. The van der Waals surface area contributed by atoms with Crippen LogP contribution in [0.4, 0.5) is 5.69 Å². The van der Waals surface area contributed by atoms with Crippen LogP contribution in [-0.2, 0) is 6.54 Å². The van der Waals surface area contributed by atoms with Gasteiger partial charge in [-0.1, -0.05) is 16.8 Å².